The molecule has 0 saturated heterocycles. The lowest BCUT2D eigenvalue weighted by molar-refractivity contribution is -0.114. The molecule has 1 aliphatic rings. The first-order chi connectivity index (χ1) is 11.8. The average molecular weight is 321 g/mol. The van der Waals surface area contributed by atoms with E-state index in [0.717, 1.165) is 16.6 Å². The van der Waals surface area contributed by atoms with Gasteiger partial charge in [0, 0.05) is 23.3 Å². The van der Waals surface area contributed by atoms with E-state index < -0.39 is 0 Å². The Labute approximate surface area is 138 Å². The Morgan fingerprint density at radius 1 is 1.08 bits per heavy atom. The average Bonchev–Trinajstić information content (AvgIpc) is 3.07. The number of anilines is 2. The summed E-state index contributed by atoms with van der Waals surface area (Å²) in [5.41, 5.74) is 2.34. The minimum absolute atomic E-state index is 0.143. The third-order valence-electron chi connectivity index (χ3n) is 3.73. The van der Waals surface area contributed by atoms with Crippen molar-refractivity contribution in [3.8, 4) is 11.5 Å². The van der Waals surface area contributed by atoms with Crippen molar-refractivity contribution in [3.63, 3.8) is 0 Å². The van der Waals surface area contributed by atoms with Gasteiger partial charge < -0.3 is 20.1 Å². The molecule has 2 N–H and O–H groups in total. The van der Waals surface area contributed by atoms with Gasteiger partial charge in [-0.3, -0.25) is 9.78 Å². The minimum Gasteiger partial charge on any atom is -0.454 e. The van der Waals surface area contributed by atoms with Gasteiger partial charge in [0.2, 0.25) is 12.7 Å². The molecule has 0 radical (unpaired) electrons. The van der Waals surface area contributed by atoms with Crippen molar-refractivity contribution in [2.24, 2.45) is 0 Å². The molecule has 6 nitrogen and oxygen atoms in total. The number of carbonyl (C=O) groups is 1. The molecule has 2 aromatic carbocycles. The highest BCUT2D eigenvalue weighted by atomic mass is 16.7. The molecule has 1 amide bonds. The largest absolute Gasteiger partial charge is 0.454 e. The molecule has 0 bridgehead atoms. The van der Waals surface area contributed by atoms with Crippen LogP contribution < -0.4 is 20.1 Å². The number of para-hydroxylation sites is 1. The molecule has 0 unspecified atom stereocenters. The number of hydrogen-bond donors (Lipinski definition) is 2. The lowest BCUT2D eigenvalue weighted by Crippen LogP contribution is -2.21. The van der Waals surface area contributed by atoms with Crippen LogP contribution in [0.3, 0.4) is 0 Å². The predicted octanol–water partition coefficient (Wildman–Crippen LogP) is 3.01. The number of nitrogens with zero attached hydrogens (tertiary/aromatic N) is 1. The topological polar surface area (TPSA) is 72.5 Å². The maximum absolute atomic E-state index is 12.2. The first-order valence-electron chi connectivity index (χ1n) is 7.57. The maximum atomic E-state index is 12.2. The van der Waals surface area contributed by atoms with Crippen molar-refractivity contribution in [3.05, 3.63) is 54.7 Å². The fourth-order valence-corrected chi connectivity index (χ4v) is 2.60. The van der Waals surface area contributed by atoms with Crippen molar-refractivity contribution < 1.29 is 14.3 Å². The molecule has 0 saturated carbocycles. The molecule has 6 heteroatoms. The summed E-state index contributed by atoms with van der Waals surface area (Å²) in [4.78, 5) is 16.5. The standard InChI is InChI=1S/C18H15N3O3/c22-17(21-13-6-7-15-16(9-13)24-11-23-15)10-20-14-5-1-3-12-4-2-8-19-18(12)14/h1-9,20H,10-11H2,(H,21,22). The fourth-order valence-electron chi connectivity index (χ4n) is 2.60. The summed E-state index contributed by atoms with van der Waals surface area (Å²) in [5.74, 6) is 1.17. The highest BCUT2D eigenvalue weighted by molar-refractivity contribution is 5.96. The number of hydrogen-bond acceptors (Lipinski definition) is 5. The highest BCUT2D eigenvalue weighted by Crippen LogP contribution is 2.34. The summed E-state index contributed by atoms with van der Waals surface area (Å²) in [6.45, 7) is 0.354. The van der Waals surface area contributed by atoms with E-state index in [4.69, 9.17) is 9.47 Å². The van der Waals surface area contributed by atoms with Gasteiger partial charge in [0.05, 0.1) is 17.7 Å². The number of benzene rings is 2. The monoisotopic (exact) mass is 321 g/mol. The van der Waals surface area contributed by atoms with E-state index in [9.17, 15) is 4.79 Å². The second kappa shape index (κ2) is 6.08. The molecule has 2 heterocycles. The molecule has 0 atom stereocenters. The Balaban J connectivity index is 1.43. The second-order valence-corrected chi connectivity index (χ2v) is 5.35. The number of amides is 1. The molecule has 1 aromatic heterocycles. The molecular formula is C18H15N3O3. The summed E-state index contributed by atoms with van der Waals surface area (Å²) in [7, 11) is 0. The Bertz CT molecular complexity index is 906. The maximum Gasteiger partial charge on any atom is 0.243 e. The van der Waals surface area contributed by atoms with Crippen LogP contribution in [-0.2, 0) is 4.79 Å². The summed E-state index contributed by atoms with van der Waals surface area (Å²) in [5, 5.41) is 6.99. The van der Waals surface area contributed by atoms with Gasteiger partial charge in [-0.15, -0.1) is 0 Å². The Morgan fingerprint density at radius 3 is 2.92 bits per heavy atom. The van der Waals surface area contributed by atoms with Crippen molar-refractivity contribution in [1.29, 1.82) is 0 Å². The molecule has 24 heavy (non-hydrogen) atoms. The SMILES string of the molecule is O=C(CNc1cccc2cccnc12)Nc1ccc2c(c1)OCO2. The van der Waals surface area contributed by atoms with Crippen LogP contribution >= 0.6 is 0 Å². The number of ether oxygens (including phenoxy) is 2. The van der Waals surface area contributed by atoms with Crippen LogP contribution in [0.4, 0.5) is 11.4 Å². The molecule has 120 valence electrons. The van der Waals surface area contributed by atoms with E-state index in [2.05, 4.69) is 15.6 Å². The first kappa shape index (κ1) is 14.3. The number of pyridine rings is 1. The van der Waals surface area contributed by atoms with Gasteiger partial charge in [-0.1, -0.05) is 18.2 Å². The Hall–Kier alpha value is -3.28. The van der Waals surface area contributed by atoms with Crippen LogP contribution in [0, 0.1) is 0 Å². The van der Waals surface area contributed by atoms with Crippen LogP contribution in [0.2, 0.25) is 0 Å². The van der Waals surface area contributed by atoms with Crippen LogP contribution in [0.5, 0.6) is 11.5 Å². The third-order valence-corrected chi connectivity index (χ3v) is 3.73. The number of rotatable bonds is 4. The molecule has 0 spiro atoms. The van der Waals surface area contributed by atoms with E-state index in [1.54, 1.807) is 24.4 Å². The van der Waals surface area contributed by atoms with Crippen molar-refractivity contribution >= 4 is 28.2 Å². The molecular weight excluding hydrogens is 306 g/mol. The van der Waals surface area contributed by atoms with Crippen molar-refractivity contribution in [2.75, 3.05) is 24.0 Å². The lowest BCUT2D eigenvalue weighted by Gasteiger charge is -2.10. The first-order valence-corrected chi connectivity index (χ1v) is 7.57. The number of carbonyl (C=O) groups excluding carboxylic acids is 1. The van der Waals surface area contributed by atoms with Gasteiger partial charge in [-0.05, 0) is 24.3 Å². The number of aromatic nitrogens is 1. The second-order valence-electron chi connectivity index (χ2n) is 5.35. The Kier molecular flexibility index (Phi) is 3.63. The van der Waals surface area contributed by atoms with Gasteiger partial charge in [-0.25, -0.2) is 0 Å². The third kappa shape index (κ3) is 2.81. The van der Waals surface area contributed by atoms with Crippen LogP contribution in [0.1, 0.15) is 0 Å². The summed E-state index contributed by atoms with van der Waals surface area (Å²) in [6.07, 6.45) is 1.74. The zero-order chi connectivity index (χ0) is 16.4. The van der Waals surface area contributed by atoms with Gasteiger partial charge in [0.25, 0.3) is 0 Å². The highest BCUT2D eigenvalue weighted by Gasteiger charge is 2.14. The van der Waals surface area contributed by atoms with Crippen LogP contribution in [-0.4, -0.2) is 24.2 Å². The number of fused-ring (bicyclic) bond motifs is 2. The zero-order valence-electron chi connectivity index (χ0n) is 12.8. The predicted molar refractivity (Wildman–Crippen MR) is 91.4 cm³/mol. The molecule has 1 aliphatic heterocycles. The van der Waals surface area contributed by atoms with Gasteiger partial charge in [0.15, 0.2) is 11.5 Å². The number of nitrogens with one attached hydrogen (secondary N) is 2. The smallest absolute Gasteiger partial charge is 0.243 e. The van der Waals surface area contributed by atoms with Gasteiger partial charge >= 0.3 is 0 Å². The fraction of sp³-hybridized carbons (Fsp3) is 0.111. The quantitative estimate of drug-likeness (QED) is 0.773. The molecule has 0 fully saturated rings. The Morgan fingerprint density at radius 2 is 1.96 bits per heavy atom. The van der Waals surface area contributed by atoms with Crippen molar-refractivity contribution in [1.82, 2.24) is 4.98 Å². The van der Waals surface area contributed by atoms with E-state index in [1.165, 1.54) is 0 Å². The van der Waals surface area contributed by atoms with E-state index in [1.807, 2.05) is 30.3 Å². The van der Waals surface area contributed by atoms with Gasteiger partial charge in [-0.2, -0.15) is 0 Å². The zero-order valence-corrected chi connectivity index (χ0v) is 12.8. The van der Waals surface area contributed by atoms with Gasteiger partial charge in [0.1, 0.15) is 0 Å². The normalized spacial score (nSPS) is 12.2. The molecule has 0 aliphatic carbocycles. The van der Waals surface area contributed by atoms with E-state index in [-0.39, 0.29) is 19.2 Å². The van der Waals surface area contributed by atoms with E-state index in [0.29, 0.717) is 17.2 Å². The summed E-state index contributed by atoms with van der Waals surface area (Å²) < 4.78 is 10.6. The van der Waals surface area contributed by atoms with E-state index >= 15 is 0 Å². The summed E-state index contributed by atoms with van der Waals surface area (Å²) >= 11 is 0. The van der Waals surface area contributed by atoms with Crippen LogP contribution in [0.25, 0.3) is 10.9 Å². The van der Waals surface area contributed by atoms with Crippen molar-refractivity contribution in [2.45, 2.75) is 0 Å². The molecule has 3 aromatic rings. The molecule has 4 rings (SSSR count). The minimum atomic E-state index is -0.151. The lowest BCUT2D eigenvalue weighted by atomic mass is 10.2. The summed E-state index contributed by atoms with van der Waals surface area (Å²) in [6, 6.07) is 15.0. The van der Waals surface area contributed by atoms with Crippen LogP contribution in [0.15, 0.2) is 54.7 Å².